The van der Waals surface area contributed by atoms with Gasteiger partial charge in [0.25, 0.3) is 0 Å². The Hall–Kier alpha value is -3.10. The third kappa shape index (κ3) is 5.21. The van der Waals surface area contributed by atoms with Crippen LogP contribution in [-0.4, -0.2) is 21.0 Å². The molecule has 6 nitrogen and oxygen atoms in total. The summed E-state index contributed by atoms with van der Waals surface area (Å²) in [6, 6.07) is 6.54. The van der Waals surface area contributed by atoms with E-state index >= 15 is 0 Å². The maximum absolute atomic E-state index is 12.6. The summed E-state index contributed by atoms with van der Waals surface area (Å²) in [6.45, 7) is 1.86. The Morgan fingerprint density at radius 2 is 1.82 bits per heavy atom. The standard InChI is InChI=1S/C19H18F3N4O2/c1-13(9-14-3-5-15(6-4-14)19(20,21)22)26-12-17(28-25-26)10-16(27)11-18-23-7-2-8-24-18/h2-8,12-13H,9-11H2,1H3/q+1. The van der Waals surface area contributed by atoms with Gasteiger partial charge in [-0.3, -0.25) is 4.79 Å². The maximum Gasteiger partial charge on any atom is 0.416 e. The lowest BCUT2D eigenvalue weighted by molar-refractivity contribution is -0.782. The van der Waals surface area contributed by atoms with Gasteiger partial charge in [0.1, 0.15) is 11.6 Å². The van der Waals surface area contributed by atoms with Gasteiger partial charge < -0.3 is 4.52 Å². The molecule has 0 saturated heterocycles. The van der Waals surface area contributed by atoms with Crippen molar-refractivity contribution in [2.75, 3.05) is 0 Å². The fourth-order valence-electron chi connectivity index (χ4n) is 2.70. The molecule has 146 valence electrons. The number of hydrogen-bond donors (Lipinski definition) is 0. The number of ketones is 1. The molecule has 0 bridgehead atoms. The van der Waals surface area contributed by atoms with Gasteiger partial charge in [0.2, 0.25) is 12.0 Å². The Bertz CT molecular complexity index is 924. The molecule has 3 rings (SSSR count). The SMILES string of the molecule is CC(Cc1ccc(C(F)(F)F)cc1)[n+]1cc(CC(=O)Cc2ncccn2)on1. The first kappa shape index (κ1) is 19.7. The van der Waals surface area contributed by atoms with Crippen molar-refractivity contribution in [1.29, 1.82) is 0 Å². The number of carbonyl (C=O) groups is 1. The van der Waals surface area contributed by atoms with Gasteiger partial charge in [-0.05, 0) is 28.4 Å². The van der Waals surface area contributed by atoms with Gasteiger partial charge in [0.05, 0.1) is 18.4 Å². The minimum atomic E-state index is -4.35. The van der Waals surface area contributed by atoms with Crippen molar-refractivity contribution in [1.82, 2.24) is 15.2 Å². The third-order valence-corrected chi connectivity index (χ3v) is 4.14. The molecule has 0 N–H and O–H groups in total. The first-order valence-corrected chi connectivity index (χ1v) is 8.62. The normalized spacial score (nSPS) is 12.7. The number of rotatable bonds is 7. The molecule has 3 aromatic rings. The number of carbonyl (C=O) groups excluding carboxylic acids is 1. The fraction of sp³-hybridized carbons (Fsp3) is 0.316. The van der Waals surface area contributed by atoms with E-state index in [1.54, 1.807) is 29.3 Å². The molecule has 2 aromatic heterocycles. The van der Waals surface area contributed by atoms with Crippen LogP contribution in [0.3, 0.4) is 0 Å². The lowest BCUT2D eigenvalue weighted by Crippen LogP contribution is -2.40. The largest absolute Gasteiger partial charge is 0.416 e. The molecule has 0 aliphatic heterocycles. The zero-order valence-corrected chi connectivity index (χ0v) is 15.1. The van der Waals surface area contributed by atoms with Gasteiger partial charge in [-0.15, -0.1) is 0 Å². The summed E-state index contributed by atoms with van der Waals surface area (Å²) in [7, 11) is 0. The highest BCUT2D eigenvalue weighted by molar-refractivity contribution is 5.81. The van der Waals surface area contributed by atoms with Crippen LogP contribution in [0.4, 0.5) is 13.2 Å². The summed E-state index contributed by atoms with van der Waals surface area (Å²) in [6.07, 6.45) is 1.05. The predicted molar refractivity (Wildman–Crippen MR) is 91.0 cm³/mol. The molecule has 0 fully saturated rings. The molecule has 1 aromatic carbocycles. The van der Waals surface area contributed by atoms with Gasteiger partial charge in [-0.2, -0.15) is 13.2 Å². The summed E-state index contributed by atoms with van der Waals surface area (Å²) >= 11 is 0. The van der Waals surface area contributed by atoms with Crippen molar-refractivity contribution in [2.45, 2.75) is 38.4 Å². The number of aromatic nitrogens is 4. The zero-order chi connectivity index (χ0) is 20.1. The van der Waals surface area contributed by atoms with Crippen LogP contribution in [0.1, 0.15) is 35.7 Å². The van der Waals surface area contributed by atoms with Gasteiger partial charge >= 0.3 is 6.18 Å². The zero-order valence-electron chi connectivity index (χ0n) is 15.1. The molecular weight excluding hydrogens is 373 g/mol. The summed E-state index contributed by atoms with van der Waals surface area (Å²) in [5, 5.41) is 3.91. The van der Waals surface area contributed by atoms with Crippen LogP contribution in [0, 0.1) is 0 Å². The first-order chi connectivity index (χ1) is 13.3. The molecule has 9 heteroatoms. The second kappa shape index (κ2) is 8.28. The van der Waals surface area contributed by atoms with Gasteiger partial charge in [-0.1, -0.05) is 12.1 Å². The molecule has 0 radical (unpaired) electrons. The van der Waals surface area contributed by atoms with E-state index in [9.17, 15) is 18.0 Å². The lowest BCUT2D eigenvalue weighted by Gasteiger charge is -2.08. The van der Waals surface area contributed by atoms with Gasteiger partial charge in [0, 0.05) is 25.7 Å². The predicted octanol–water partition coefficient (Wildman–Crippen LogP) is 2.93. The molecule has 0 saturated carbocycles. The van der Waals surface area contributed by atoms with Gasteiger partial charge in [-0.25, -0.2) is 9.97 Å². The molecule has 1 atom stereocenters. The number of alkyl halides is 3. The summed E-state index contributed by atoms with van der Waals surface area (Å²) in [4.78, 5) is 20.1. The van der Waals surface area contributed by atoms with E-state index in [1.165, 1.54) is 12.1 Å². The highest BCUT2D eigenvalue weighted by Gasteiger charge is 2.30. The Morgan fingerprint density at radius 1 is 1.14 bits per heavy atom. The van der Waals surface area contributed by atoms with Crippen molar-refractivity contribution >= 4 is 5.78 Å². The number of benzene rings is 1. The first-order valence-electron chi connectivity index (χ1n) is 8.62. The second-order valence-corrected chi connectivity index (χ2v) is 6.45. The highest BCUT2D eigenvalue weighted by Crippen LogP contribution is 2.29. The van der Waals surface area contributed by atoms with E-state index < -0.39 is 11.7 Å². The lowest BCUT2D eigenvalue weighted by atomic mass is 10.1. The van der Waals surface area contributed by atoms with Gasteiger partial charge in [0.15, 0.2) is 11.3 Å². The summed E-state index contributed by atoms with van der Waals surface area (Å²) < 4.78 is 44.6. The topological polar surface area (TPSA) is 72.8 Å². The molecule has 0 spiro atoms. The van der Waals surface area contributed by atoms with E-state index in [1.807, 2.05) is 6.92 Å². The smallest absolute Gasteiger partial charge is 0.305 e. The minimum absolute atomic E-state index is 0.0608. The number of Topliss-reactive ketones (excluding diaryl/α,β-unsaturated/α-hetero) is 1. The third-order valence-electron chi connectivity index (χ3n) is 4.14. The van der Waals surface area contributed by atoms with Crippen LogP contribution >= 0.6 is 0 Å². The van der Waals surface area contributed by atoms with E-state index in [2.05, 4.69) is 15.2 Å². The number of hydrogen-bond acceptors (Lipinski definition) is 5. The van der Waals surface area contributed by atoms with E-state index in [0.717, 1.165) is 17.7 Å². The van der Waals surface area contributed by atoms with Crippen molar-refractivity contribution < 1.29 is 27.2 Å². The molecule has 0 amide bonds. The average molecular weight is 391 g/mol. The van der Waals surface area contributed by atoms with E-state index in [4.69, 9.17) is 4.52 Å². The summed E-state index contributed by atoms with van der Waals surface area (Å²) in [5.41, 5.74) is 0.0658. The molecular formula is C19H18F3N4O2+. The molecule has 1 unspecified atom stereocenters. The number of nitrogens with zero attached hydrogens (tertiary/aromatic N) is 4. The Labute approximate surface area is 159 Å². The van der Waals surface area contributed by atoms with Crippen molar-refractivity contribution in [3.8, 4) is 0 Å². The number of halogens is 3. The fourth-order valence-corrected chi connectivity index (χ4v) is 2.70. The quantitative estimate of drug-likeness (QED) is 0.579. The second-order valence-electron chi connectivity index (χ2n) is 6.45. The Kier molecular flexibility index (Phi) is 5.81. The minimum Gasteiger partial charge on any atom is -0.305 e. The molecule has 2 heterocycles. The van der Waals surface area contributed by atoms with Crippen LogP contribution in [0.25, 0.3) is 0 Å². The van der Waals surface area contributed by atoms with E-state index in [0.29, 0.717) is 18.0 Å². The monoisotopic (exact) mass is 391 g/mol. The van der Waals surface area contributed by atoms with Crippen molar-refractivity contribution in [2.24, 2.45) is 0 Å². The molecule has 0 aliphatic rings. The van der Waals surface area contributed by atoms with Crippen LogP contribution in [-0.2, 0) is 30.2 Å². The average Bonchev–Trinajstić information content (AvgIpc) is 3.10. The van der Waals surface area contributed by atoms with Crippen molar-refractivity contribution in [3.05, 3.63) is 71.6 Å². The molecule has 0 aliphatic carbocycles. The van der Waals surface area contributed by atoms with E-state index in [-0.39, 0.29) is 24.7 Å². The van der Waals surface area contributed by atoms with Crippen LogP contribution in [0.2, 0.25) is 0 Å². The van der Waals surface area contributed by atoms with Crippen LogP contribution < -0.4 is 4.68 Å². The maximum atomic E-state index is 12.6. The van der Waals surface area contributed by atoms with Crippen LogP contribution in [0.5, 0.6) is 0 Å². The molecule has 28 heavy (non-hydrogen) atoms. The Morgan fingerprint density at radius 3 is 2.46 bits per heavy atom. The summed E-state index contributed by atoms with van der Waals surface area (Å²) in [5.74, 6) is 0.737. The van der Waals surface area contributed by atoms with Crippen LogP contribution in [0.15, 0.2) is 53.4 Å². The Balaban J connectivity index is 1.57. The van der Waals surface area contributed by atoms with Crippen molar-refractivity contribution in [3.63, 3.8) is 0 Å². The highest BCUT2D eigenvalue weighted by atomic mass is 19.4.